The highest BCUT2D eigenvalue weighted by Crippen LogP contribution is 2.49. The smallest absolute Gasteiger partial charge is 0.123 e. The number of hydrogen-bond acceptors (Lipinski definition) is 6. The van der Waals surface area contributed by atoms with Gasteiger partial charge < -0.3 is 5.11 Å². The monoisotopic (exact) mass is 526 g/mol. The van der Waals surface area contributed by atoms with E-state index < -0.39 is 0 Å². The number of benzene rings is 2. The molecule has 0 radical (unpaired) electrons. The van der Waals surface area contributed by atoms with Crippen LogP contribution in [0.15, 0.2) is 39.2 Å². The van der Waals surface area contributed by atoms with Crippen LogP contribution in [0.1, 0.15) is 111 Å². The second kappa shape index (κ2) is 10.8. The molecule has 0 aliphatic rings. The van der Waals surface area contributed by atoms with Crippen LogP contribution in [-0.4, -0.2) is 5.11 Å². The summed E-state index contributed by atoms with van der Waals surface area (Å²) >= 11 is 0. The van der Waals surface area contributed by atoms with E-state index in [0.29, 0.717) is 24.3 Å². The van der Waals surface area contributed by atoms with Crippen molar-refractivity contribution in [3.8, 4) is 11.8 Å². The summed E-state index contributed by atoms with van der Waals surface area (Å²) < 4.78 is 0. The van der Waals surface area contributed by atoms with Crippen LogP contribution in [0.5, 0.6) is 5.75 Å². The van der Waals surface area contributed by atoms with Gasteiger partial charge in [-0.05, 0) is 68.7 Å². The molecule has 0 spiro atoms. The van der Waals surface area contributed by atoms with Gasteiger partial charge in [-0.1, -0.05) is 97.7 Å². The lowest BCUT2D eigenvalue weighted by Crippen LogP contribution is -2.20. The minimum atomic E-state index is -0.364. The Morgan fingerprint density at radius 2 is 1.14 bits per heavy atom. The van der Waals surface area contributed by atoms with E-state index in [0.717, 1.165) is 32.0 Å². The van der Waals surface area contributed by atoms with Gasteiger partial charge in [0, 0.05) is 27.3 Å². The van der Waals surface area contributed by atoms with Gasteiger partial charge in [0.15, 0.2) is 0 Å². The van der Waals surface area contributed by atoms with Gasteiger partial charge in [0.05, 0.1) is 6.07 Å². The van der Waals surface area contributed by atoms with Crippen LogP contribution in [-0.2, 0) is 21.7 Å². The Bertz CT molecular complexity index is 1120. The van der Waals surface area contributed by atoms with E-state index in [9.17, 15) is 10.0 Å². The summed E-state index contributed by atoms with van der Waals surface area (Å²) in [5.41, 5.74) is 3.16. The van der Waals surface area contributed by atoms with Gasteiger partial charge in [-0.2, -0.15) is 5.26 Å². The number of phenols is 1. The molecule has 0 amide bonds. The Morgan fingerprint density at radius 3 is 1.50 bits per heavy atom. The van der Waals surface area contributed by atoms with E-state index in [2.05, 4.69) is 112 Å². The minimum Gasteiger partial charge on any atom is -0.507 e. The maximum atomic E-state index is 12.1. The molecule has 2 rings (SSSR count). The van der Waals surface area contributed by atoms with Gasteiger partial charge >= 0.3 is 0 Å². The highest BCUT2D eigenvalue weighted by molar-refractivity contribution is 8.76. The van der Waals surface area contributed by atoms with Crippen molar-refractivity contribution >= 4 is 27.3 Å². The van der Waals surface area contributed by atoms with Crippen LogP contribution >= 0.6 is 21.6 Å². The quantitative estimate of drug-likeness (QED) is 0.287. The zero-order chi connectivity index (χ0) is 27.7. The summed E-state index contributed by atoms with van der Waals surface area (Å²) in [6.45, 7) is 23.1. The summed E-state index contributed by atoms with van der Waals surface area (Å²) in [5, 5.41) is 23.7. The maximum absolute atomic E-state index is 12.1. The maximum Gasteiger partial charge on any atom is 0.123 e. The second-order valence-electron chi connectivity index (χ2n) is 13.3. The molecule has 0 saturated heterocycles. The van der Waals surface area contributed by atoms with Crippen molar-refractivity contribution < 1.29 is 5.11 Å². The van der Waals surface area contributed by atoms with Gasteiger partial charge in [0.1, 0.15) is 11.4 Å². The van der Waals surface area contributed by atoms with Crippen molar-refractivity contribution in [3.05, 3.63) is 51.4 Å². The number of phenolic OH excluding ortho intramolecular Hbond substituents is 1. The summed E-state index contributed by atoms with van der Waals surface area (Å²) in [5.74, 6) is 0.377. The predicted octanol–water partition coefficient (Wildman–Crippen LogP) is 10.1. The third-order valence-electron chi connectivity index (χ3n) is 6.51. The van der Waals surface area contributed by atoms with Crippen LogP contribution < -0.4 is 0 Å². The summed E-state index contributed by atoms with van der Waals surface area (Å²) in [6, 6.07) is 10.6. The average molecular weight is 527 g/mol. The van der Waals surface area contributed by atoms with Gasteiger partial charge in [0.2, 0.25) is 0 Å². The number of rotatable bonds is 7. The second-order valence-corrected chi connectivity index (χ2v) is 15.6. The number of hydrogen-bond donors (Lipinski definition) is 1. The van der Waals surface area contributed by atoms with Gasteiger partial charge in [0.25, 0.3) is 0 Å². The number of aromatic hydroxyl groups is 1. The average Bonchev–Trinajstić information content (AvgIpc) is 2.74. The topological polar surface area (TPSA) is 73.5 Å². The fourth-order valence-corrected chi connectivity index (χ4v) is 6.25. The molecule has 0 heterocycles. The molecule has 1 N–H and O–H groups in total. The van der Waals surface area contributed by atoms with Crippen LogP contribution in [0.3, 0.4) is 0 Å². The van der Waals surface area contributed by atoms with Crippen LogP contribution in [0.4, 0.5) is 5.69 Å². The molecule has 2 aromatic rings. The molecule has 0 aromatic heterocycles. The lowest BCUT2D eigenvalue weighted by atomic mass is 9.76. The SMILES string of the molecule is CC(C)(C)c1cc(SSc2cc(C(C)(C)C)c(N=O)c(C(C)(C)CCC#N)c2)cc(C(C)(C)C)c1O. The van der Waals surface area contributed by atoms with Crippen LogP contribution in [0, 0.1) is 16.2 Å². The Balaban J connectivity index is 2.62. The standard InChI is InChI=1S/C30H42N2O2S2/c1-27(2,3)21-15-19(16-22(25(21)32-34)30(10,11)13-12-14-31)35-36-20-17-23(28(4,5)6)26(33)24(18-20)29(7,8)9/h15-18,33H,12-13H2,1-11H3. The zero-order valence-corrected chi connectivity index (χ0v) is 25.4. The molecular formula is C30H42N2O2S2. The molecule has 0 aliphatic carbocycles. The largest absolute Gasteiger partial charge is 0.507 e. The van der Waals surface area contributed by atoms with E-state index in [1.807, 2.05) is 0 Å². The molecule has 4 nitrogen and oxygen atoms in total. The van der Waals surface area contributed by atoms with Crippen molar-refractivity contribution in [1.29, 1.82) is 5.26 Å². The summed E-state index contributed by atoms with van der Waals surface area (Å²) in [4.78, 5) is 14.2. The molecule has 0 unspecified atom stereocenters. The highest BCUT2D eigenvalue weighted by atomic mass is 33.1. The zero-order valence-electron chi connectivity index (χ0n) is 23.8. The molecular weight excluding hydrogens is 484 g/mol. The van der Waals surface area contributed by atoms with E-state index >= 15 is 0 Å². The van der Waals surface area contributed by atoms with E-state index in [4.69, 9.17) is 5.26 Å². The van der Waals surface area contributed by atoms with Crippen LogP contribution in [0.25, 0.3) is 0 Å². The third kappa shape index (κ3) is 7.07. The van der Waals surface area contributed by atoms with Gasteiger partial charge in [-0.25, -0.2) is 0 Å². The van der Waals surface area contributed by atoms with E-state index in [1.54, 1.807) is 21.6 Å². The molecule has 36 heavy (non-hydrogen) atoms. The lowest BCUT2D eigenvalue weighted by molar-refractivity contribution is 0.422. The van der Waals surface area contributed by atoms with Crippen molar-refractivity contribution in [1.82, 2.24) is 0 Å². The molecule has 0 fully saturated rings. The first-order chi connectivity index (χ1) is 16.3. The summed E-state index contributed by atoms with van der Waals surface area (Å²) in [7, 11) is 3.31. The first-order valence-corrected chi connectivity index (χ1v) is 14.6. The first-order valence-electron chi connectivity index (χ1n) is 12.4. The third-order valence-corrected chi connectivity index (χ3v) is 8.85. The number of nitroso groups, excluding NO2 is 1. The molecule has 0 bridgehead atoms. The Morgan fingerprint density at radius 1 is 0.750 bits per heavy atom. The molecule has 2 aromatic carbocycles. The van der Waals surface area contributed by atoms with Gasteiger partial charge in [-0.15, -0.1) is 4.91 Å². The van der Waals surface area contributed by atoms with Crippen molar-refractivity contribution in [2.45, 2.75) is 120 Å². The Kier molecular flexibility index (Phi) is 9.07. The molecule has 0 atom stereocenters. The predicted molar refractivity (Wildman–Crippen MR) is 156 cm³/mol. The van der Waals surface area contributed by atoms with Gasteiger partial charge in [-0.3, -0.25) is 0 Å². The normalized spacial score (nSPS) is 12.9. The molecule has 6 heteroatoms. The summed E-state index contributed by atoms with van der Waals surface area (Å²) in [6.07, 6.45) is 1.07. The van der Waals surface area contributed by atoms with E-state index in [1.165, 1.54) is 0 Å². The van der Waals surface area contributed by atoms with E-state index in [-0.39, 0.29) is 21.7 Å². The Labute approximate surface area is 226 Å². The van der Waals surface area contributed by atoms with Crippen LogP contribution in [0.2, 0.25) is 0 Å². The van der Waals surface area contributed by atoms with Crippen molar-refractivity contribution in [2.75, 3.05) is 0 Å². The molecule has 0 saturated carbocycles. The molecule has 196 valence electrons. The van der Waals surface area contributed by atoms with Crippen molar-refractivity contribution in [3.63, 3.8) is 0 Å². The number of nitriles is 1. The lowest BCUT2D eigenvalue weighted by Gasteiger charge is -2.30. The fourth-order valence-electron chi connectivity index (χ4n) is 4.24. The minimum absolute atomic E-state index is 0.195. The Hall–Kier alpha value is -1.97. The number of nitrogens with zero attached hydrogens (tertiary/aromatic N) is 2. The first kappa shape index (κ1) is 30.3. The highest BCUT2D eigenvalue weighted by Gasteiger charge is 2.31. The fraction of sp³-hybridized carbons (Fsp3) is 0.567. The molecule has 0 aliphatic heterocycles. The van der Waals surface area contributed by atoms with Crippen molar-refractivity contribution in [2.24, 2.45) is 5.18 Å².